The summed E-state index contributed by atoms with van der Waals surface area (Å²) in [6.45, 7) is 0. The lowest BCUT2D eigenvalue weighted by Crippen LogP contribution is -2.02. The molecule has 0 amide bonds. The van der Waals surface area contributed by atoms with E-state index in [-0.39, 0.29) is 5.82 Å². The van der Waals surface area contributed by atoms with Gasteiger partial charge < -0.3 is 10.5 Å². The molecule has 0 bridgehead atoms. The summed E-state index contributed by atoms with van der Waals surface area (Å²) in [6, 6.07) is 11.8. The topological polar surface area (TPSA) is 53.1 Å². The van der Waals surface area contributed by atoms with Crippen LogP contribution in [0.2, 0.25) is 0 Å². The Balaban J connectivity index is 2.35. The molecule has 0 spiro atoms. The maximum Gasteiger partial charge on any atom is 0.206 e. The minimum absolute atomic E-state index is 0.296. The number of methoxy groups -OCH3 is 1. The van der Waals surface area contributed by atoms with Gasteiger partial charge in [-0.3, -0.25) is 4.57 Å². The number of imidazole rings is 1. The number of fused-ring (bicyclic) bond motifs is 1. The molecule has 0 saturated carbocycles. The summed E-state index contributed by atoms with van der Waals surface area (Å²) in [5.74, 6) is 0.617. The van der Waals surface area contributed by atoms with Gasteiger partial charge in [0.25, 0.3) is 0 Å². The summed E-state index contributed by atoms with van der Waals surface area (Å²) in [5, 5.41) is 0. The van der Waals surface area contributed by atoms with Gasteiger partial charge in [0.15, 0.2) is 0 Å². The molecule has 5 heteroatoms. The van der Waals surface area contributed by atoms with Gasteiger partial charge in [-0.05, 0) is 24.3 Å². The Morgan fingerprint density at radius 3 is 2.79 bits per heavy atom. The summed E-state index contributed by atoms with van der Waals surface area (Å²) in [6.07, 6.45) is 0. The van der Waals surface area contributed by atoms with Gasteiger partial charge in [0.1, 0.15) is 11.6 Å². The van der Waals surface area contributed by atoms with Gasteiger partial charge in [0.2, 0.25) is 5.95 Å². The lowest BCUT2D eigenvalue weighted by molar-refractivity contribution is 0.413. The first-order valence-electron chi connectivity index (χ1n) is 5.77. The largest absolute Gasteiger partial charge is 0.495 e. The van der Waals surface area contributed by atoms with E-state index in [0.717, 1.165) is 5.69 Å². The van der Waals surface area contributed by atoms with E-state index in [4.69, 9.17) is 10.5 Å². The minimum atomic E-state index is -0.330. The predicted octanol–water partition coefficient (Wildman–Crippen LogP) is 2.76. The Morgan fingerprint density at radius 2 is 2.00 bits per heavy atom. The van der Waals surface area contributed by atoms with E-state index in [0.29, 0.717) is 22.7 Å². The highest BCUT2D eigenvalue weighted by Crippen LogP contribution is 2.29. The maximum absolute atomic E-state index is 13.4. The molecule has 19 heavy (non-hydrogen) atoms. The third-order valence-electron chi connectivity index (χ3n) is 2.97. The zero-order chi connectivity index (χ0) is 13.4. The van der Waals surface area contributed by atoms with Gasteiger partial charge in [-0.1, -0.05) is 12.1 Å². The Morgan fingerprint density at radius 1 is 1.21 bits per heavy atom. The van der Waals surface area contributed by atoms with Crippen LogP contribution in [0.15, 0.2) is 42.5 Å². The number of rotatable bonds is 2. The second-order valence-corrected chi connectivity index (χ2v) is 4.11. The van der Waals surface area contributed by atoms with Crippen molar-refractivity contribution in [2.24, 2.45) is 0 Å². The van der Waals surface area contributed by atoms with Crippen LogP contribution < -0.4 is 10.5 Å². The number of anilines is 1. The molecule has 1 heterocycles. The number of hydrogen-bond acceptors (Lipinski definition) is 3. The van der Waals surface area contributed by atoms with Crippen LogP contribution in [-0.2, 0) is 0 Å². The second kappa shape index (κ2) is 4.28. The van der Waals surface area contributed by atoms with E-state index in [1.807, 2.05) is 24.3 Å². The predicted molar refractivity (Wildman–Crippen MR) is 72.0 cm³/mol. The van der Waals surface area contributed by atoms with Crippen molar-refractivity contribution >= 4 is 17.0 Å². The molecule has 0 fully saturated rings. The number of nitrogens with two attached hydrogens (primary N) is 1. The molecule has 0 unspecified atom stereocenters. The molecule has 3 rings (SSSR count). The first-order chi connectivity index (χ1) is 9.20. The van der Waals surface area contributed by atoms with Crippen LogP contribution in [0.25, 0.3) is 16.7 Å². The molecule has 0 aliphatic rings. The zero-order valence-corrected chi connectivity index (χ0v) is 10.3. The smallest absolute Gasteiger partial charge is 0.206 e. The number of aromatic nitrogens is 2. The Hall–Kier alpha value is -2.56. The summed E-state index contributed by atoms with van der Waals surface area (Å²) in [5.41, 5.74) is 7.92. The van der Waals surface area contributed by atoms with Crippen LogP contribution in [0.1, 0.15) is 0 Å². The van der Waals surface area contributed by atoms with Gasteiger partial charge in [-0.15, -0.1) is 0 Å². The van der Waals surface area contributed by atoms with Crippen molar-refractivity contribution in [3.63, 3.8) is 0 Å². The normalized spacial score (nSPS) is 10.8. The van der Waals surface area contributed by atoms with E-state index in [9.17, 15) is 4.39 Å². The highest BCUT2D eigenvalue weighted by Gasteiger charge is 2.13. The molecule has 3 aromatic rings. The lowest BCUT2D eigenvalue weighted by Gasteiger charge is -2.11. The van der Waals surface area contributed by atoms with E-state index in [1.54, 1.807) is 17.7 Å². The monoisotopic (exact) mass is 257 g/mol. The fraction of sp³-hybridized carbons (Fsp3) is 0.0714. The lowest BCUT2D eigenvalue weighted by atomic mass is 10.2. The van der Waals surface area contributed by atoms with Crippen LogP contribution in [0.4, 0.5) is 10.3 Å². The van der Waals surface area contributed by atoms with E-state index >= 15 is 0 Å². The fourth-order valence-corrected chi connectivity index (χ4v) is 2.13. The van der Waals surface area contributed by atoms with E-state index in [2.05, 4.69) is 4.98 Å². The summed E-state index contributed by atoms with van der Waals surface area (Å²) >= 11 is 0. The van der Waals surface area contributed by atoms with Crippen molar-refractivity contribution in [1.29, 1.82) is 0 Å². The van der Waals surface area contributed by atoms with E-state index in [1.165, 1.54) is 12.1 Å². The molecule has 0 atom stereocenters. The number of halogens is 1. The van der Waals surface area contributed by atoms with Crippen LogP contribution >= 0.6 is 0 Å². The van der Waals surface area contributed by atoms with Crippen LogP contribution in [0, 0.1) is 5.82 Å². The van der Waals surface area contributed by atoms with Crippen LogP contribution in [-0.4, -0.2) is 16.7 Å². The number of hydrogen-bond donors (Lipinski definition) is 1. The molecular weight excluding hydrogens is 245 g/mol. The molecule has 0 aliphatic heterocycles. The van der Waals surface area contributed by atoms with Gasteiger partial charge >= 0.3 is 0 Å². The van der Waals surface area contributed by atoms with E-state index < -0.39 is 0 Å². The van der Waals surface area contributed by atoms with Crippen molar-refractivity contribution in [1.82, 2.24) is 9.55 Å². The number of para-hydroxylation sites is 2. The van der Waals surface area contributed by atoms with Gasteiger partial charge in [-0.25, -0.2) is 9.37 Å². The average Bonchev–Trinajstić information content (AvgIpc) is 2.74. The van der Waals surface area contributed by atoms with Crippen LogP contribution in [0.5, 0.6) is 5.75 Å². The fourth-order valence-electron chi connectivity index (χ4n) is 2.13. The zero-order valence-electron chi connectivity index (χ0n) is 10.3. The maximum atomic E-state index is 13.4. The molecule has 0 aliphatic carbocycles. The highest BCUT2D eigenvalue weighted by molar-refractivity contribution is 5.81. The summed E-state index contributed by atoms with van der Waals surface area (Å²) in [7, 11) is 1.58. The van der Waals surface area contributed by atoms with Crippen molar-refractivity contribution in [3.8, 4) is 11.4 Å². The van der Waals surface area contributed by atoms with Crippen molar-refractivity contribution in [3.05, 3.63) is 48.3 Å². The quantitative estimate of drug-likeness (QED) is 0.768. The SMILES string of the molecule is COc1ccccc1-n1c(N)nc2ccc(F)cc21. The Labute approximate surface area is 109 Å². The number of nitrogen functional groups attached to an aromatic ring is 1. The Bertz CT molecular complexity index is 752. The molecule has 2 N–H and O–H groups in total. The standard InChI is InChI=1S/C14H12FN3O/c1-19-13-5-3-2-4-11(13)18-12-8-9(15)6-7-10(12)17-14(18)16/h2-8H,1H3,(H2,16,17). The first-order valence-corrected chi connectivity index (χ1v) is 5.77. The minimum Gasteiger partial charge on any atom is -0.495 e. The van der Waals surface area contributed by atoms with Crippen molar-refractivity contribution in [2.75, 3.05) is 12.8 Å². The number of ether oxygens (including phenoxy) is 1. The van der Waals surface area contributed by atoms with Crippen LogP contribution in [0.3, 0.4) is 0 Å². The molecule has 96 valence electrons. The molecule has 2 aromatic carbocycles. The Kier molecular flexibility index (Phi) is 2.59. The highest BCUT2D eigenvalue weighted by atomic mass is 19.1. The molecule has 1 aromatic heterocycles. The van der Waals surface area contributed by atoms with Gasteiger partial charge in [0.05, 0.1) is 23.8 Å². The molecule has 4 nitrogen and oxygen atoms in total. The molecule has 0 radical (unpaired) electrons. The summed E-state index contributed by atoms with van der Waals surface area (Å²) in [4.78, 5) is 4.22. The first kappa shape index (κ1) is 11.5. The van der Waals surface area contributed by atoms with Crippen molar-refractivity contribution < 1.29 is 9.13 Å². The molecular formula is C14H12FN3O. The second-order valence-electron chi connectivity index (χ2n) is 4.11. The summed E-state index contributed by atoms with van der Waals surface area (Å²) < 4.78 is 20.4. The van der Waals surface area contributed by atoms with Gasteiger partial charge in [-0.2, -0.15) is 0 Å². The molecule has 0 saturated heterocycles. The third kappa shape index (κ3) is 1.79. The van der Waals surface area contributed by atoms with Crippen molar-refractivity contribution in [2.45, 2.75) is 0 Å². The number of nitrogens with zero attached hydrogens (tertiary/aromatic N) is 2. The third-order valence-corrected chi connectivity index (χ3v) is 2.97. The van der Waals surface area contributed by atoms with Gasteiger partial charge in [0, 0.05) is 6.07 Å². The number of benzene rings is 2. The average molecular weight is 257 g/mol.